The van der Waals surface area contributed by atoms with Crippen molar-refractivity contribution >= 4 is 16.9 Å². The lowest BCUT2D eigenvalue weighted by atomic mass is 10.2. The molecule has 0 aliphatic heterocycles. The summed E-state index contributed by atoms with van der Waals surface area (Å²) < 4.78 is 40.3. The average molecular weight is 315 g/mol. The number of hydrogen-bond acceptors (Lipinski definition) is 3. The topological polar surface area (TPSA) is 67.2 Å². The van der Waals surface area contributed by atoms with Crippen LogP contribution in [0, 0.1) is 0 Å². The molecule has 8 heteroatoms. The van der Waals surface area contributed by atoms with Crippen LogP contribution in [0.4, 0.5) is 13.2 Å². The lowest BCUT2D eigenvalue weighted by Crippen LogP contribution is -2.26. The Morgan fingerprint density at radius 2 is 2.09 bits per heavy atom. The summed E-state index contributed by atoms with van der Waals surface area (Å²) in [7, 11) is 0. The molecule has 2 N–H and O–H groups in total. The van der Waals surface area contributed by atoms with Gasteiger partial charge in [0, 0.05) is 18.2 Å². The van der Waals surface area contributed by atoms with Gasteiger partial charge < -0.3 is 15.0 Å². The van der Waals surface area contributed by atoms with Crippen molar-refractivity contribution in [2.24, 2.45) is 0 Å². The van der Waals surface area contributed by atoms with E-state index < -0.39 is 23.9 Å². The Labute approximate surface area is 124 Å². The molecule has 0 radical (unpaired) electrons. The summed E-state index contributed by atoms with van der Waals surface area (Å²) >= 11 is 0. The summed E-state index contributed by atoms with van der Waals surface area (Å²) in [5, 5.41) is 11.1. The molecule has 120 valence electrons. The molecular weight excluding hydrogens is 299 g/mol. The van der Waals surface area contributed by atoms with Crippen molar-refractivity contribution in [3.8, 4) is 0 Å². The van der Waals surface area contributed by atoms with Gasteiger partial charge in [0.05, 0.1) is 17.6 Å². The molecule has 0 unspecified atom stereocenters. The van der Waals surface area contributed by atoms with Crippen molar-refractivity contribution in [2.75, 3.05) is 13.2 Å². The van der Waals surface area contributed by atoms with Gasteiger partial charge in [0.1, 0.15) is 0 Å². The van der Waals surface area contributed by atoms with E-state index in [1.807, 2.05) is 0 Å². The van der Waals surface area contributed by atoms with Gasteiger partial charge in [-0.25, -0.2) is 4.98 Å². The maximum absolute atomic E-state index is 13.1. The summed E-state index contributed by atoms with van der Waals surface area (Å²) in [5.41, 5.74) is 0.627. The SMILES string of the molecule is CC(C)n1c(C(F)(F)F)nc2cc(C(=O)NCCO)ccc21. The van der Waals surface area contributed by atoms with Crippen LogP contribution in [0.2, 0.25) is 0 Å². The van der Waals surface area contributed by atoms with Crippen LogP contribution in [0.25, 0.3) is 11.0 Å². The molecule has 1 aromatic carbocycles. The maximum Gasteiger partial charge on any atom is 0.449 e. The number of nitrogens with one attached hydrogen (secondary N) is 1. The summed E-state index contributed by atoms with van der Waals surface area (Å²) in [5.74, 6) is -1.45. The van der Waals surface area contributed by atoms with Gasteiger partial charge in [-0.3, -0.25) is 4.79 Å². The van der Waals surface area contributed by atoms with Crippen LogP contribution < -0.4 is 5.32 Å². The average Bonchev–Trinajstić information content (AvgIpc) is 2.83. The number of carbonyl (C=O) groups excluding carboxylic acids is 1. The third kappa shape index (κ3) is 3.06. The number of alkyl halides is 3. The lowest BCUT2D eigenvalue weighted by Gasteiger charge is -2.14. The Kier molecular flexibility index (Phi) is 4.41. The first-order valence-corrected chi connectivity index (χ1v) is 6.74. The summed E-state index contributed by atoms with van der Waals surface area (Å²) in [4.78, 5) is 15.4. The van der Waals surface area contributed by atoms with Crippen LogP contribution >= 0.6 is 0 Å². The van der Waals surface area contributed by atoms with Crippen molar-refractivity contribution in [3.05, 3.63) is 29.6 Å². The number of rotatable bonds is 4. The van der Waals surface area contributed by atoms with E-state index in [4.69, 9.17) is 5.11 Å². The van der Waals surface area contributed by atoms with Crippen molar-refractivity contribution in [1.82, 2.24) is 14.9 Å². The fourth-order valence-corrected chi connectivity index (χ4v) is 2.23. The molecule has 5 nitrogen and oxygen atoms in total. The van der Waals surface area contributed by atoms with Crippen molar-refractivity contribution < 1.29 is 23.1 Å². The highest BCUT2D eigenvalue weighted by Gasteiger charge is 2.38. The molecule has 0 aliphatic rings. The normalized spacial score (nSPS) is 12.1. The third-order valence-electron chi connectivity index (χ3n) is 3.12. The highest BCUT2D eigenvalue weighted by atomic mass is 19.4. The number of nitrogens with zero attached hydrogens (tertiary/aromatic N) is 2. The molecule has 1 aromatic heterocycles. The second-order valence-corrected chi connectivity index (χ2v) is 5.08. The van der Waals surface area contributed by atoms with E-state index in [0.717, 1.165) is 4.57 Å². The smallest absolute Gasteiger partial charge is 0.395 e. The summed E-state index contributed by atoms with van der Waals surface area (Å²) in [6.07, 6.45) is -4.57. The molecular formula is C14H16F3N3O2. The first-order valence-electron chi connectivity index (χ1n) is 6.74. The number of imidazole rings is 1. The van der Waals surface area contributed by atoms with Gasteiger partial charge in [-0.15, -0.1) is 0 Å². The standard InChI is InChI=1S/C14H16F3N3O2/c1-8(2)20-11-4-3-9(12(22)18-5-6-21)7-10(11)19-13(20)14(15,16)17/h3-4,7-8,21H,5-6H2,1-2H3,(H,18,22). The van der Waals surface area contributed by atoms with Crippen LogP contribution in [-0.4, -0.2) is 33.7 Å². The molecule has 2 rings (SSSR count). The van der Waals surface area contributed by atoms with E-state index in [2.05, 4.69) is 10.3 Å². The molecule has 0 atom stereocenters. The van der Waals surface area contributed by atoms with Crippen molar-refractivity contribution in [2.45, 2.75) is 26.1 Å². The van der Waals surface area contributed by atoms with E-state index in [-0.39, 0.29) is 24.2 Å². The van der Waals surface area contributed by atoms with Crippen molar-refractivity contribution in [1.29, 1.82) is 0 Å². The summed E-state index contributed by atoms with van der Waals surface area (Å²) in [6, 6.07) is 3.79. The second-order valence-electron chi connectivity index (χ2n) is 5.08. The number of fused-ring (bicyclic) bond motifs is 1. The minimum Gasteiger partial charge on any atom is -0.395 e. The quantitative estimate of drug-likeness (QED) is 0.910. The fourth-order valence-electron chi connectivity index (χ4n) is 2.23. The van der Waals surface area contributed by atoms with Gasteiger partial charge in [0.25, 0.3) is 5.91 Å². The molecule has 22 heavy (non-hydrogen) atoms. The number of hydrogen-bond donors (Lipinski definition) is 2. The predicted octanol–water partition coefficient (Wildman–Crippen LogP) is 2.36. The minimum atomic E-state index is -4.57. The number of carbonyl (C=O) groups is 1. The molecule has 0 bridgehead atoms. The second kappa shape index (κ2) is 5.96. The van der Waals surface area contributed by atoms with Gasteiger partial charge in [0.2, 0.25) is 5.82 Å². The van der Waals surface area contributed by atoms with E-state index in [1.165, 1.54) is 18.2 Å². The Morgan fingerprint density at radius 3 is 2.64 bits per heavy atom. The fraction of sp³-hybridized carbons (Fsp3) is 0.429. The number of benzene rings is 1. The van der Waals surface area contributed by atoms with Crippen LogP contribution in [0.1, 0.15) is 36.1 Å². The number of amides is 1. The number of aromatic nitrogens is 2. The van der Waals surface area contributed by atoms with Crippen LogP contribution in [0.15, 0.2) is 18.2 Å². The zero-order valence-electron chi connectivity index (χ0n) is 12.1. The van der Waals surface area contributed by atoms with E-state index in [0.29, 0.717) is 5.52 Å². The number of aliphatic hydroxyl groups excluding tert-OH is 1. The number of halogens is 3. The molecule has 0 fully saturated rings. The van der Waals surface area contributed by atoms with E-state index in [9.17, 15) is 18.0 Å². The van der Waals surface area contributed by atoms with Gasteiger partial charge in [-0.2, -0.15) is 13.2 Å². The third-order valence-corrected chi connectivity index (χ3v) is 3.12. The lowest BCUT2D eigenvalue weighted by molar-refractivity contribution is -0.147. The Morgan fingerprint density at radius 1 is 1.41 bits per heavy atom. The molecule has 0 saturated heterocycles. The molecule has 0 aliphatic carbocycles. The highest BCUT2D eigenvalue weighted by Crippen LogP contribution is 2.33. The highest BCUT2D eigenvalue weighted by molar-refractivity contribution is 5.97. The predicted molar refractivity (Wildman–Crippen MR) is 74.5 cm³/mol. The van der Waals surface area contributed by atoms with Gasteiger partial charge >= 0.3 is 6.18 Å². The van der Waals surface area contributed by atoms with Crippen LogP contribution in [-0.2, 0) is 6.18 Å². The Balaban J connectivity index is 2.53. The number of aliphatic hydroxyl groups is 1. The first-order chi connectivity index (χ1) is 10.3. The van der Waals surface area contributed by atoms with Gasteiger partial charge in [0.15, 0.2) is 0 Å². The zero-order valence-corrected chi connectivity index (χ0v) is 12.1. The maximum atomic E-state index is 13.1. The summed E-state index contributed by atoms with van der Waals surface area (Å²) in [6.45, 7) is 3.13. The van der Waals surface area contributed by atoms with Crippen LogP contribution in [0.3, 0.4) is 0 Å². The Hall–Kier alpha value is -2.09. The first kappa shape index (κ1) is 16.3. The molecule has 0 saturated carbocycles. The van der Waals surface area contributed by atoms with Crippen molar-refractivity contribution in [3.63, 3.8) is 0 Å². The van der Waals surface area contributed by atoms with E-state index in [1.54, 1.807) is 13.8 Å². The van der Waals surface area contributed by atoms with Gasteiger partial charge in [-0.05, 0) is 32.0 Å². The van der Waals surface area contributed by atoms with Crippen LogP contribution in [0.5, 0.6) is 0 Å². The molecule has 1 amide bonds. The largest absolute Gasteiger partial charge is 0.449 e. The molecule has 0 spiro atoms. The zero-order chi connectivity index (χ0) is 16.5. The van der Waals surface area contributed by atoms with Gasteiger partial charge in [-0.1, -0.05) is 0 Å². The molecule has 2 aromatic rings. The van der Waals surface area contributed by atoms with E-state index >= 15 is 0 Å². The molecule has 1 heterocycles. The minimum absolute atomic E-state index is 0.0745. The Bertz CT molecular complexity index is 692. The monoisotopic (exact) mass is 315 g/mol.